The van der Waals surface area contributed by atoms with E-state index in [-0.39, 0.29) is 11.0 Å². The molecule has 0 spiro atoms. The number of carbonyl (C=O) groups is 1. The highest BCUT2D eigenvalue weighted by Crippen LogP contribution is 2.31. The Labute approximate surface area is 168 Å². The Bertz CT molecular complexity index is 1130. The van der Waals surface area contributed by atoms with Gasteiger partial charge in [-0.1, -0.05) is 60.3 Å². The number of aromatic nitrogens is 4. The minimum atomic E-state index is -0.268. The first-order valence-corrected chi connectivity index (χ1v) is 10.2. The molecular weight excluding hydrogens is 368 g/mol. The highest BCUT2D eigenvalue weighted by molar-refractivity contribution is 8.00. The number of thioether (sulfide) groups is 1. The molecule has 5 nitrogen and oxygen atoms in total. The zero-order chi connectivity index (χ0) is 19.7. The molecule has 0 saturated carbocycles. The summed E-state index contributed by atoms with van der Waals surface area (Å²) in [5, 5.41) is 10.2. The predicted octanol–water partition coefficient (Wildman–Crippen LogP) is 5.12. The zero-order valence-electron chi connectivity index (χ0n) is 16.1. The number of benzene rings is 2. The SMILES string of the molecule is CCn1c(SC(C)C(=O)c2c(C)[nH]c3ccccc23)nnc1-c1ccccc1. The molecule has 142 valence electrons. The number of para-hydroxylation sites is 1. The van der Waals surface area contributed by atoms with E-state index in [1.165, 1.54) is 11.8 Å². The van der Waals surface area contributed by atoms with Crippen molar-refractivity contribution in [3.63, 3.8) is 0 Å². The Balaban J connectivity index is 1.63. The summed E-state index contributed by atoms with van der Waals surface area (Å²) in [5.41, 5.74) is 3.68. The third kappa shape index (κ3) is 3.24. The van der Waals surface area contributed by atoms with Crippen LogP contribution in [0.5, 0.6) is 0 Å². The first-order valence-electron chi connectivity index (χ1n) is 9.37. The van der Waals surface area contributed by atoms with Crippen molar-refractivity contribution in [3.05, 3.63) is 65.9 Å². The van der Waals surface area contributed by atoms with Crippen LogP contribution in [0.1, 0.15) is 29.9 Å². The number of carbonyl (C=O) groups excluding carboxylic acids is 1. The zero-order valence-corrected chi connectivity index (χ0v) is 17.0. The van der Waals surface area contributed by atoms with Crippen molar-refractivity contribution in [2.75, 3.05) is 0 Å². The number of ketones is 1. The van der Waals surface area contributed by atoms with Gasteiger partial charge in [0.1, 0.15) is 0 Å². The summed E-state index contributed by atoms with van der Waals surface area (Å²) < 4.78 is 2.06. The molecular formula is C22H22N4OS. The largest absolute Gasteiger partial charge is 0.358 e. The molecule has 28 heavy (non-hydrogen) atoms. The first kappa shape index (κ1) is 18.5. The Hall–Kier alpha value is -2.86. The molecule has 6 heteroatoms. The van der Waals surface area contributed by atoms with Crippen molar-refractivity contribution in [2.45, 2.75) is 37.7 Å². The van der Waals surface area contributed by atoms with Gasteiger partial charge in [0.15, 0.2) is 16.8 Å². The molecule has 0 aliphatic carbocycles. The lowest BCUT2D eigenvalue weighted by Crippen LogP contribution is -2.15. The van der Waals surface area contributed by atoms with E-state index in [2.05, 4.69) is 26.7 Å². The average molecular weight is 391 g/mol. The summed E-state index contributed by atoms with van der Waals surface area (Å²) in [4.78, 5) is 16.5. The standard InChI is InChI=1S/C22H22N4OS/c1-4-26-21(16-10-6-5-7-11-16)24-25-22(26)28-15(3)20(27)19-14(2)23-18-13-9-8-12-17(18)19/h5-13,15,23H,4H2,1-3H3. The second-order valence-corrected chi connectivity index (χ2v) is 8.02. The number of nitrogens with one attached hydrogen (secondary N) is 1. The van der Waals surface area contributed by atoms with Gasteiger partial charge in [0, 0.05) is 34.3 Å². The molecule has 4 aromatic rings. The third-order valence-electron chi connectivity index (χ3n) is 4.86. The number of H-pyrrole nitrogens is 1. The molecule has 2 aromatic heterocycles. The number of rotatable bonds is 6. The number of hydrogen-bond acceptors (Lipinski definition) is 4. The number of aryl methyl sites for hydroxylation is 1. The van der Waals surface area contributed by atoms with Crippen molar-refractivity contribution in [1.29, 1.82) is 0 Å². The Morgan fingerprint density at radius 3 is 2.57 bits per heavy atom. The molecule has 1 atom stereocenters. The Morgan fingerprint density at radius 1 is 1.11 bits per heavy atom. The summed E-state index contributed by atoms with van der Waals surface area (Å²) in [6.45, 7) is 6.69. The number of Topliss-reactive ketones (excluding diaryl/α,β-unsaturated/α-hetero) is 1. The smallest absolute Gasteiger partial charge is 0.192 e. The molecule has 0 amide bonds. The van der Waals surface area contributed by atoms with Crippen molar-refractivity contribution in [2.24, 2.45) is 0 Å². The molecule has 0 bridgehead atoms. The highest BCUT2D eigenvalue weighted by Gasteiger charge is 2.24. The molecule has 0 fully saturated rings. The molecule has 0 aliphatic heterocycles. The Morgan fingerprint density at radius 2 is 1.82 bits per heavy atom. The molecule has 4 rings (SSSR count). The van der Waals surface area contributed by atoms with Gasteiger partial charge in [-0.2, -0.15) is 0 Å². The average Bonchev–Trinajstić information content (AvgIpc) is 3.27. The van der Waals surface area contributed by atoms with Gasteiger partial charge in [0.25, 0.3) is 0 Å². The van der Waals surface area contributed by atoms with Crippen LogP contribution in [0, 0.1) is 6.92 Å². The highest BCUT2D eigenvalue weighted by atomic mass is 32.2. The van der Waals surface area contributed by atoms with Crippen LogP contribution < -0.4 is 0 Å². The third-order valence-corrected chi connectivity index (χ3v) is 5.94. The van der Waals surface area contributed by atoms with Crippen LogP contribution in [-0.4, -0.2) is 30.8 Å². The summed E-state index contributed by atoms with van der Waals surface area (Å²) in [5.74, 6) is 0.931. The van der Waals surface area contributed by atoms with Gasteiger partial charge in [0.2, 0.25) is 0 Å². The summed E-state index contributed by atoms with van der Waals surface area (Å²) in [7, 11) is 0. The normalized spacial score (nSPS) is 12.4. The van der Waals surface area contributed by atoms with Crippen molar-refractivity contribution in [1.82, 2.24) is 19.7 Å². The van der Waals surface area contributed by atoms with Crippen molar-refractivity contribution >= 4 is 28.4 Å². The van der Waals surface area contributed by atoms with Gasteiger partial charge >= 0.3 is 0 Å². The van der Waals surface area contributed by atoms with Crippen LogP contribution in [0.15, 0.2) is 59.8 Å². The monoisotopic (exact) mass is 390 g/mol. The fraction of sp³-hybridized carbons (Fsp3) is 0.227. The molecule has 2 aromatic carbocycles. The van der Waals surface area contributed by atoms with E-state index < -0.39 is 0 Å². The van der Waals surface area contributed by atoms with Gasteiger partial charge in [-0.25, -0.2) is 0 Å². The fourth-order valence-corrected chi connectivity index (χ4v) is 4.44. The van der Waals surface area contributed by atoms with Crippen LogP contribution in [0.2, 0.25) is 0 Å². The van der Waals surface area contributed by atoms with Gasteiger partial charge in [-0.3, -0.25) is 4.79 Å². The maximum Gasteiger partial charge on any atom is 0.192 e. The summed E-state index contributed by atoms with van der Waals surface area (Å²) >= 11 is 1.46. The second kappa shape index (κ2) is 7.64. The second-order valence-electron chi connectivity index (χ2n) is 6.71. The van der Waals surface area contributed by atoms with Crippen molar-refractivity contribution in [3.8, 4) is 11.4 Å². The van der Waals surface area contributed by atoms with E-state index in [1.807, 2.05) is 68.4 Å². The predicted molar refractivity (Wildman–Crippen MR) is 114 cm³/mol. The maximum atomic E-state index is 13.2. The van der Waals surface area contributed by atoms with Crippen LogP contribution in [0.3, 0.4) is 0 Å². The quantitative estimate of drug-likeness (QED) is 0.367. The van der Waals surface area contributed by atoms with Gasteiger partial charge in [-0.05, 0) is 26.8 Å². The van der Waals surface area contributed by atoms with Crippen LogP contribution in [0.25, 0.3) is 22.3 Å². The van der Waals surface area contributed by atoms with Gasteiger partial charge in [-0.15, -0.1) is 10.2 Å². The van der Waals surface area contributed by atoms with E-state index in [0.29, 0.717) is 0 Å². The van der Waals surface area contributed by atoms with Crippen LogP contribution >= 0.6 is 11.8 Å². The minimum Gasteiger partial charge on any atom is -0.358 e. The Kier molecular flexibility index (Phi) is 5.05. The molecule has 0 aliphatic rings. The van der Waals surface area contributed by atoms with Gasteiger partial charge < -0.3 is 9.55 Å². The lowest BCUT2D eigenvalue weighted by Gasteiger charge is -2.12. The van der Waals surface area contributed by atoms with E-state index in [4.69, 9.17) is 0 Å². The molecule has 0 saturated heterocycles. The van der Waals surface area contributed by atoms with E-state index in [9.17, 15) is 4.79 Å². The molecule has 0 radical (unpaired) electrons. The van der Waals surface area contributed by atoms with Gasteiger partial charge in [0.05, 0.1) is 5.25 Å². The minimum absolute atomic E-state index is 0.104. The van der Waals surface area contributed by atoms with Crippen LogP contribution in [0.4, 0.5) is 0 Å². The van der Waals surface area contributed by atoms with E-state index >= 15 is 0 Å². The van der Waals surface area contributed by atoms with E-state index in [0.717, 1.165) is 45.2 Å². The molecule has 1 unspecified atom stereocenters. The lowest BCUT2D eigenvalue weighted by atomic mass is 10.1. The van der Waals surface area contributed by atoms with E-state index in [1.54, 1.807) is 0 Å². The maximum absolute atomic E-state index is 13.2. The fourth-order valence-electron chi connectivity index (χ4n) is 3.47. The number of fused-ring (bicyclic) bond motifs is 1. The lowest BCUT2D eigenvalue weighted by molar-refractivity contribution is 0.0995. The molecule has 2 heterocycles. The number of hydrogen-bond donors (Lipinski definition) is 1. The number of nitrogens with zero attached hydrogens (tertiary/aromatic N) is 3. The summed E-state index contributed by atoms with van der Waals surface area (Å²) in [6, 6.07) is 17.9. The van der Waals surface area contributed by atoms with Crippen LogP contribution in [-0.2, 0) is 6.54 Å². The van der Waals surface area contributed by atoms with Crippen molar-refractivity contribution < 1.29 is 4.79 Å². The number of aromatic amines is 1. The topological polar surface area (TPSA) is 63.6 Å². The molecule has 1 N–H and O–H groups in total. The first-order chi connectivity index (χ1) is 13.6. The summed E-state index contributed by atoms with van der Waals surface area (Å²) in [6.07, 6.45) is 0.